The van der Waals surface area contributed by atoms with Gasteiger partial charge < -0.3 is 9.32 Å². The number of rotatable bonds is 6. The smallest absolute Gasteiger partial charge is 0.159 e. The van der Waals surface area contributed by atoms with Crippen LogP contribution in [0.3, 0.4) is 0 Å². The van der Waals surface area contributed by atoms with E-state index in [1.165, 1.54) is 44.2 Å². The highest BCUT2D eigenvalue weighted by molar-refractivity contribution is 6.10. The highest BCUT2D eigenvalue weighted by atomic mass is 16.3. The average molecular weight is 614 g/mol. The van der Waals surface area contributed by atoms with Crippen molar-refractivity contribution in [2.24, 2.45) is 0 Å². The molecular weight excluding hydrogens is 583 g/mol. The third-order valence-corrected chi connectivity index (χ3v) is 9.26. The van der Waals surface area contributed by atoms with E-state index in [1.807, 2.05) is 12.1 Å². The molecule has 2 nitrogen and oxygen atoms in total. The molecule has 9 aromatic rings. The maximum atomic E-state index is 6.53. The summed E-state index contributed by atoms with van der Waals surface area (Å²) >= 11 is 0. The van der Waals surface area contributed by atoms with Gasteiger partial charge in [0.15, 0.2) is 5.58 Å². The minimum Gasteiger partial charge on any atom is -0.454 e. The average Bonchev–Trinajstić information content (AvgIpc) is 3.55. The first-order valence-electron chi connectivity index (χ1n) is 16.3. The molecule has 0 fully saturated rings. The molecule has 1 aromatic heterocycles. The Bertz CT molecular complexity index is 2540. The van der Waals surface area contributed by atoms with Crippen LogP contribution in [0.15, 0.2) is 192 Å². The number of hydrogen-bond acceptors (Lipinski definition) is 2. The lowest BCUT2D eigenvalue weighted by atomic mass is 9.97. The molecule has 0 N–H and O–H groups in total. The fourth-order valence-electron chi connectivity index (χ4n) is 6.82. The molecule has 8 aromatic carbocycles. The number of nitrogens with zero attached hydrogens (tertiary/aromatic N) is 1. The summed E-state index contributed by atoms with van der Waals surface area (Å²) in [5.41, 5.74) is 12.1. The van der Waals surface area contributed by atoms with Crippen LogP contribution in [0.2, 0.25) is 0 Å². The molecule has 0 radical (unpaired) electrons. The predicted molar refractivity (Wildman–Crippen MR) is 202 cm³/mol. The summed E-state index contributed by atoms with van der Waals surface area (Å²) in [5, 5.41) is 4.73. The number of hydrogen-bond donors (Lipinski definition) is 0. The lowest BCUT2D eigenvalue weighted by Gasteiger charge is -2.26. The van der Waals surface area contributed by atoms with Gasteiger partial charge in [-0.15, -0.1) is 0 Å². The van der Waals surface area contributed by atoms with Crippen molar-refractivity contribution in [1.82, 2.24) is 0 Å². The van der Waals surface area contributed by atoms with Crippen molar-refractivity contribution >= 4 is 49.8 Å². The minimum atomic E-state index is 0.873. The van der Waals surface area contributed by atoms with E-state index < -0.39 is 0 Å². The van der Waals surface area contributed by atoms with Crippen molar-refractivity contribution in [2.75, 3.05) is 4.90 Å². The molecule has 9 rings (SSSR count). The lowest BCUT2D eigenvalue weighted by Crippen LogP contribution is -2.10. The van der Waals surface area contributed by atoms with E-state index in [2.05, 4.69) is 181 Å². The third-order valence-electron chi connectivity index (χ3n) is 9.26. The molecule has 0 aliphatic rings. The van der Waals surface area contributed by atoms with E-state index >= 15 is 0 Å². The summed E-state index contributed by atoms with van der Waals surface area (Å²) in [6, 6.07) is 66.9. The van der Waals surface area contributed by atoms with Crippen molar-refractivity contribution in [2.45, 2.75) is 0 Å². The molecule has 2 heteroatoms. The number of fused-ring (bicyclic) bond motifs is 4. The van der Waals surface area contributed by atoms with Gasteiger partial charge in [-0.25, -0.2) is 0 Å². The van der Waals surface area contributed by atoms with Gasteiger partial charge in [0.1, 0.15) is 5.58 Å². The van der Waals surface area contributed by atoms with Gasteiger partial charge in [-0.05, 0) is 92.7 Å². The second kappa shape index (κ2) is 11.8. The molecule has 226 valence electrons. The van der Waals surface area contributed by atoms with Crippen molar-refractivity contribution in [3.8, 4) is 33.4 Å². The molecule has 0 saturated heterocycles. The number of para-hydroxylation sites is 2. The summed E-state index contributed by atoms with van der Waals surface area (Å²) in [4.78, 5) is 2.30. The Labute approximate surface area is 279 Å². The lowest BCUT2D eigenvalue weighted by molar-refractivity contribution is 0.669. The van der Waals surface area contributed by atoms with Crippen LogP contribution >= 0.6 is 0 Å². The van der Waals surface area contributed by atoms with Crippen LogP contribution in [0, 0.1) is 0 Å². The summed E-state index contributed by atoms with van der Waals surface area (Å²) in [6.07, 6.45) is 0. The Balaban J connectivity index is 1.13. The standard InChI is InChI=1S/C46H31NO/c1-2-10-32(11-3-1)34-22-26-40(27-23-34)47(44-18-9-17-43-42-16-6-7-19-45(42)48-46(43)44)41-28-24-35(25-29-41)37-14-8-15-38(30-37)39-21-20-33-12-4-5-13-36(33)31-39/h1-31H. The van der Waals surface area contributed by atoms with Crippen LogP contribution in [0.4, 0.5) is 17.1 Å². The summed E-state index contributed by atoms with van der Waals surface area (Å²) in [5.74, 6) is 0. The second-order valence-corrected chi connectivity index (χ2v) is 12.2. The van der Waals surface area contributed by atoms with Crippen molar-refractivity contribution in [3.63, 3.8) is 0 Å². The summed E-state index contributed by atoms with van der Waals surface area (Å²) in [7, 11) is 0. The molecule has 0 unspecified atom stereocenters. The zero-order chi connectivity index (χ0) is 31.9. The quantitative estimate of drug-likeness (QED) is 0.185. The monoisotopic (exact) mass is 613 g/mol. The van der Waals surface area contributed by atoms with Crippen LogP contribution in [-0.2, 0) is 0 Å². The number of anilines is 3. The fraction of sp³-hybridized carbons (Fsp3) is 0. The highest BCUT2D eigenvalue weighted by Crippen LogP contribution is 2.43. The molecule has 0 bridgehead atoms. The van der Waals surface area contributed by atoms with Gasteiger partial charge in [0.2, 0.25) is 0 Å². The third kappa shape index (κ3) is 5.01. The number of furan rings is 1. The molecule has 0 aliphatic carbocycles. The Morgan fingerprint density at radius 3 is 1.62 bits per heavy atom. The van der Waals surface area contributed by atoms with Crippen LogP contribution in [0.25, 0.3) is 66.1 Å². The fourth-order valence-corrected chi connectivity index (χ4v) is 6.82. The largest absolute Gasteiger partial charge is 0.454 e. The van der Waals surface area contributed by atoms with E-state index in [0.717, 1.165) is 39.0 Å². The Kier molecular flexibility index (Phi) is 6.84. The topological polar surface area (TPSA) is 16.4 Å². The van der Waals surface area contributed by atoms with Crippen molar-refractivity contribution in [1.29, 1.82) is 0 Å². The predicted octanol–water partition coefficient (Wildman–Crippen LogP) is 13.2. The zero-order valence-corrected chi connectivity index (χ0v) is 26.3. The van der Waals surface area contributed by atoms with Crippen LogP contribution in [0.5, 0.6) is 0 Å². The molecule has 1 heterocycles. The van der Waals surface area contributed by atoms with Gasteiger partial charge in [-0.2, -0.15) is 0 Å². The van der Waals surface area contributed by atoms with Crippen LogP contribution in [-0.4, -0.2) is 0 Å². The SMILES string of the molecule is c1ccc(-c2ccc(N(c3ccc(-c4cccc(-c5ccc6ccccc6c5)c4)cc3)c3cccc4c3oc3ccccc34)cc2)cc1. The Morgan fingerprint density at radius 2 is 0.854 bits per heavy atom. The zero-order valence-electron chi connectivity index (χ0n) is 26.3. The van der Waals surface area contributed by atoms with Gasteiger partial charge in [-0.1, -0.05) is 140 Å². The van der Waals surface area contributed by atoms with Gasteiger partial charge in [0.25, 0.3) is 0 Å². The summed E-state index contributed by atoms with van der Waals surface area (Å²) < 4.78 is 6.53. The van der Waals surface area contributed by atoms with Crippen molar-refractivity contribution < 1.29 is 4.42 Å². The van der Waals surface area contributed by atoms with E-state index in [4.69, 9.17) is 4.42 Å². The summed E-state index contributed by atoms with van der Waals surface area (Å²) in [6.45, 7) is 0. The molecule has 0 amide bonds. The van der Waals surface area contributed by atoms with Gasteiger partial charge in [0.05, 0.1) is 5.69 Å². The molecule has 0 spiro atoms. The normalized spacial score (nSPS) is 11.3. The molecule has 0 atom stereocenters. The first kappa shape index (κ1) is 27.9. The van der Waals surface area contributed by atoms with E-state index in [0.29, 0.717) is 0 Å². The molecule has 0 aliphatic heterocycles. The first-order chi connectivity index (χ1) is 23.8. The van der Waals surface area contributed by atoms with Crippen molar-refractivity contribution in [3.05, 3.63) is 188 Å². The Hall–Kier alpha value is -6.38. The van der Waals surface area contributed by atoms with Gasteiger partial charge in [0, 0.05) is 22.1 Å². The van der Waals surface area contributed by atoms with Gasteiger partial charge >= 0.3 is 0 Å². The van der Waals surface area contributed by atoms with E-state index in [1.54, 1.807) is 0 Å². The number of benzene rings is 8. The second-order valence-electron chi connectivity index (χ2n) is 12.2. The molecule has 0 saturated carbocycles. The van der Waals surface area contributed by atoms with E-state index in [-0.39, 0.29) is 0 Å². The molecule has 48 heavy (non-hydrogen) atoms. The van der Waals surface area contributed by atoms with E-state index in [9.17, 15) is 0 Å². The maximum Gasteiger partial charge on any atom is 0.159 e. The van der Waals surface area contributed by atoms with Gasteiger partial charge in [-0.3, -0.25) is 0 Å². The Morgan fingerprint density at radius 1 is 0.333 bits per heavy atom. The van der Waals surface area contributed by atoms with Crippen LogP contribution < -0.4 is 4.90 Å². The molecular formula is C46H31NO. The first-order valence-corrected chi connectivity index (χ1v) is 16.3. The maximum absolute atomic E-state index is 6.53. The minimum absolute atomic E-state index is 0.873. The highest BCUT2D eigenvalue weighted by Gasteiger charge is 2.19. The van der Waals surface area contributed by atoms with Crippen LogP contribution in [0.1, 0.15) is 0 Å².